The van der Waals surface area contributed by atoms with E-state index >= 15 is 0 Å². The quantitative estimate of drug-likeness (QED) is 0.342. The van der Waals surface area contributed by atoms with E-state index in [4.69, 9.17) is 5.11 Å². The highest BCUT2D eigenvalue weighted by Crippen LogP contribution is 2.16. The molecule has 0 aromatic heterocycles. The van der Waals surface area contributed by atoms with Crippen LogP contribution in [-0.2, 0) is 0 Å². The standard InChI is InChI=1S/C8H17NO4/c1-2-4-6(11)8(13)7(12)5(3-10)9-4/h4-13H,2-3H2,1H3/t4-,5-,6+,7-,8-/m1/s1. The Morgan fingerprint density at radius 2 is 1.54 bits per heavy atom. The van der Waals surface area contributed by atoms with E-state index in [-0.39, 0.29) is 12.6 Å². The number of hydrogen-bond donors (Lipinski definition) is 5. The molecular weight excluding hydrogens is 174 g/mol. The molecule has 1 heterocycles. The largest absolute Gasteiger partial charge is 0.395 e. The third-order valence-electron chi connectivity index (χ3n) is 2.59. The van der Waals surface area contributed by atoms with Crippen LogP contribution in [0.4, 0.5) is 0 Å². The molecule has 5 atom stereocenters. The van der Waals surface area contributed by atoms with E-state index in [2.05, 4.69) is 5.32 Å². The second kappa shape index (κ2) is 4.34. The molecule has 0 aromatic carbocycles. The molecule has 5 N–H and O–H groups in total. The lowest BCUT2D eigenvalue weighted by Gasteiger charge is -2.40. The van der Waals surface area contributed by atoms with Crippen LogP contribution in [0.25, 0.3) is 0 Å². The van der Waals surface area contributed by atoms with Crippen molar-refractivity contribution >= 4 is 0 Å². The average Bonchev–Trinajstić information content (AvgIpc) is 2.15. The van der Waals surface area contributed by atoms with E-state index < -0.39 is 24.4 Å². The van der Waals surface area contributed by atoms with Gasteiger partial charge in [-0.25, -0.2) is 0 Å². The SMILES string of the molecule is CC[C@H]1N[C@H](CO)[C@@H](O)[C@H](O)[C@H]1O. The first-order valence-corrected chi connectivity index (χ1v) is 4.53. The molecule has 1 aliphatic heterocycles. The molecule has 0 bridgehead atoms. The second-order valence-electron chi connectivity index (χ2n) is 3.44. The summed E-state index contributed by atoms with van der Waals surface area (Å²) in [6, 6.07) is -0.820. The van der Waals surface area contributed by atoms with Crippen molar-refractivity contribution in [2.75, 3.05) is 6.61 Å². The van der Waals surface area contributed by atoms with Crippen molar-refractivity contribution < 1.29 is 20.4 Å². The van der Waals surface area contributed by atoms with Crippen LogP contribution >= 0.6 is 0 Å². The van der Waals surface area contributed by atoms with Gasteiger partial charge in [-0.3, -0.25) is 0 Å². The van der Waals surface area contributed by atoms with Gasteiger partial charge >= 0.3 is 0 Å². The number of nitrogens with one attached hydrogen (secondary N) is 1. The van der Waals surface area contributed by atoms with Crippen molar-refractivity contribution in [1.29, 1.82) is 0 Å². The minimum Gasteiger partial charge on any atom is -0.395 e. The van der Waals surface area contributed by atoms with Crippen LogP contribution in [-0.4, -0.2) is 57.4 Å². The van der Waals surface area contributed by atoms with Gasteiger partial charge in [-0.2, -0.15) is 0 Å². The van der Waals surface area contributed by atoms with E-state index in [1.165, 1.54) is 0 Å². The lowest BCUT2D eigenvalue weighted by molar-refractivity contribution is -0.119. The molecule has 0 saturated carbocycles. The molecule has 1 aliphatic rings. The van der Waals surface area contributed by atoms with Crippen LogP contribution in [0.3, 0.4) is 0 Å². The molecule has 0 radical (unpaired) electrons. The predicted molar refractivity (Wildman–Crippen MR) is 46.1 cm³/mol. The highest BCUT2D eigenvalue weighted by molar-refractivity contribution is 4.97. The Morgan fingerprint density at radius 3 is 2.00 bits per heavy atom. The van der Waals surface area contributed by atoms with Crippen LogP contribution in [0.15, 0.2) is 0 Å². The van der Waals surface area contributed by atoms with Crippen molar-refractivity contribution in [2.24, 2.45) is 0 Å². The zero-order valence-electron chi connectivity index (χ0n) is 7.59. The second-order valence-corrected chi connectivity index (χ2v) is 3.44. The minimum absolute atomic E-state index is 0.249. The first kappa shape index (κ1) is 10.9. The van der Waals surface area contributed by atoms with Gasteiger partial charge in [-0.15, -0.1) is 0 Å². The lowest BCUT2D eigenvalue weighted by Crippen LogP contribution is -2.65. The van der Waals surface area contributed by atoms with Crippen LogP contribution in [0, 0.1) is 0 Å². The average molecular weight is 191 g/mol. The predicted octanol–water partition coefficient (Wildman–Crippen LogP) is -2.19. The molecule has 0 aromatic rings. The van der Waals surface area contributed by atoms with E-state index in [9.17, 15) is 15.3 Å². The highest BCUT2D eigenvalue weighted by Gasteiger charge is 2.40. The van der Waals surface area contributed by atoms with Gasteiger partial charge in [0.2, 0.25) is 0 Å². The number of aliphatic hydroxyl groups is 4. The van der Waals surface area contributed by atoms with Crippen molar-refractivity contribution in [3.8, 4) is 0 Å². The number of piperidine rings is 1. The first-order valence-electron chi connectivity index (χ1n) is 4.53. The van der Waals surface area contributed by atoms with E-state index in [1.54, 1.807) is 0 Å². The van der Waals surface area contributed by atoms with Gasteiger partial charge in [-0.1, -0.05) is 6.92 Å². The summed E-state index contributed by atoms with van der Waals surface area (Å²) < 4.78 is 0. The summed E-state index contributed by atoms with van der Waals surface area (Å²) in [5.74, 6) is 0. The van der Waals surface area contributed by atoms with Gasteiger partial charge in [0.05, 0.1) is 24.9 Å². The van der Waals surface area contributed by atoms with Crippen molar-refractivity contribution in [3.63, 3.8) is 0 Å². The number of aliphatic hydroxyl groups excluding tert-OH is 4. The van der Waals surface area contributed by atoms with Crippen LogP contribution < -0.4 is 5.32 Å². The monoisotopic (exact) mass is 191 g/mol. The molecular formula is C8H17NO4. The maximum absolute atomic E-state index is 9.47. The summed E-state index contributed by atoms with van der Waals surface area (Å²) >= 11 is 0. The van der Waals surface area contributed by atoms with Gasteiger partial charge in [0.1, 0.15) is 6.10 Å². The van der Waals surface area contributed by atoms with Gasteiger partial charge in [0.15, 0.2) is 0 Å². The Labute approximate surface area is 77.0 Å². The fourth-order valence-electron chi connectivity index (χ4n) is 1.67. The summed E-state index contributed by atoms with van der Waals surface area (Å²) in [7, 11) is 0. The normalized spacial score (nSPS) is 46.4. The van der Waals surface area contributed by atoms with E-state index in [0.717, 1.165) is 0 Å². The van der Waals surface area contributed by atoms with Crippen molar-refractivity contribution in [2.45, 2.75) is 43.7 Å². The van der Waals surface area contributed by atoms with Gasteiger partial charge in [-0.05, 0) is 6.42 Å². The summed E-state index contributed by atoms with van der Waals surface area (Å²) in [6.45, 7) is 1.61. The molecule has 1 fully saturated rings. The molecule has 13 heavy (non-hydrogen) atoms. The van der Waals surface area contributed by atoms with Gasteiger partial charge in [0, 0.05) is 6.04 Å². The molecule has 0 amide bonds. The molecule has 0 spiro atoms. The fourth-order valence-corrected chi connectivity index (χ4v) is 1.67. The van der Waals surface area contributed by atoms with Crippen LogP contribution in [0.1, 0.15) is 13.3 Å². The number of hydrogen-bond acceptors (Lipinski definition) is 5. The van der Waals surface area contributed by atoms with E-state index in [0.29, 0.717) is 6.42 Å². The summed E-state index contributed by atoms with van der Waals surface area (Å²) in [5.41, 5.74) is 0. The molecule has 1 saturated heterocycles. The Morgan fingerprint density at radius 1 is 1.00 bits per heavy atom. The molecule has 78 valence electrons. The first-order chi connectivity index (χ1) is 6.11. The van der Waals surface area contributed by atoms with Crippen molar-refractivity contribution in [3.05, 3.63) is 0 Å². The van der Waals surface area contributed by atoms with Crippen LogP contribution in [0.5, 0.6) is 0 Å². The third-order valence-corrected chi connectivity index (χ3v) is 2.59. The van der Waals surface area contributed by atoms with E-state index in [1.807, 2.05) is 6.92 Å². The summed E-state index contributed by atoms with van der Waals surface area (Å²) in [5, 5.41) is 40.0. The molecule has 0 unspecified atom stereocenters. The fraction of sp³-hybridized carbons (Fsp3) is 1.00. The Balaban J connectivity index is 2.66. The van der Waals surface area contributed by atoms with Crippen LogP contribution in [0.2, 0.25) is 0 Å². The smallest absolute Gasteiger partial charge is 0.109 e. The van der Waals surface area contributed by atoms with Crippen molar-refractivity contribution in [1.82, 2.24) is 5.32 Å². The third kappa shape index (κ3) is 2.00. The lowest BCUT2D eigenvalue weighted by atomic mass is 9.89. The molecule has 0 aliphatic carbocycles. The number of rotatable bonds is 2. The Hall–Kier alpha value is -0.200. The summed E-state index contributed by atoms with van der Waals surface area (Å²) in [6.07, 6.45) is -2.62. The Kier molecular flexibility index (Phi) is 3.63. The Bertz CT molecular complexity index is 146. The highest BCUT2D eigenvalue weighted by atomic mass is 16.4. The zero-order chi connectivity index (χ0) is 10.0. The minimum atomic E-state index is -1.18. The van der Waals surface area contributed by atoms with Gasteiger partial charge < -0.3 is 25.7 Å². The summed E-state index contributed by atoms with van der Waals surface area (Å²) in [4.78, 5) is 0. The van der Waals surface area contributed by atoms with Gasteiger partial charge in [0.25, 0.3) is 0 Å². The topological polar surface area (TPSA) is 93.0 Å². The molecule has 5 nitrogen and oxygen atoms in total. The molecule has 5 heteroatoms. The zero-order valence-corrected chi connectivity index (χ0v) is 7.59. The maximum atomic E-state index is 9.47. The maximum Gasteiger partial charge on any atom is 0.109 e. The molecule has 1 rings (SSSR count).